The van der Waals surface area contributed by atoms with E-state index in [1.807, 2.05) is 19.2 Å². The zero-order chi connectivity index (χ0) is 11.8. The van der Waals surface area contributed by atoms with E-state index in [9.17, 15) is 0 Å². The van der Waals surface area contributed by atoms with Crippen LogP contribution in [-0.4, -0.2) is 7.05 Å². The monoisotopic (exact) mass is 225 g/mol. The van der Waals surface area contributed by atoms with E-state index in [0.29, 0.717) is 0 Å². The number of fused-ring (bicyclic) bond motifs is 3. The number of hydrogen-bond acceptors (Lipinski definition) is 2. The number of furan rings is 1. The third kappa shape index (κ3) is 1.61. The molecule has 1 unspecified atom stereocenters. The highest BCUT2D eigenvalue weighted by atomic mass is 16.3. The third-order valence-corrected chi connectivity index (χ3v) is 3.29. The first-order valence-electron chi connectivity index (χ1n) is 5.88. The van der Waals surface area contributed by atoms with Crippen molar-refractivity contribution in [1.82, 2.24) is 5.32 Å². The average Bonchev–Trinajstić information content (AvgIpc) is 2.82. The van der Waals surface area contributed by atoms with Crippen molar-refractivity contribution in [3.63, 3.8) is 0 Å². The first-order chi connectivity index (χ1) is 8.29. The Hall–Kier alpha value is -1.80. The Morgan fingerprint density at radius 2 is 1.82 bits per heavy atom. The van der Waals surface area contributed by atoms with Gasteiger partial charge in [0.05, 0.1) is 6.04 Å². The van der Waals surface area contributed by atoms with Crippen LogP contribution in [0.15, 0.2) is 46.9 Å². The molecular formula is C15H15NO. The minimum Gasteiger partial charge on any atom is -0.459 e. The largest absolute Gasteiger partial charge is 0.459 e. The quantitative estimate of drug-likeness (QED) is 0.716. The predicted octanol–water partition coefficient (Wildman–Crippen LogP) is 3.87. The fourth-order valence-electron chi connectivity index (χ4n) is 2.14. The van der Waals surface area contributed by atoms with Crippen molar-refractivity contribution < 1.29 is 4.42 Å². The smallest absolute Gasteiger partial charge is 0.142 e. The minimum absolute atomic E-state index is 0.237. The van der Waals surface area contributed by atoms with Gasteiger partial charge in [-0.05, 0) is 25.4 Å². The first-order valence-corrected chi connectivity index (χ1v) is 5.88. The second-order valence-electron chi connectivity index (χ2n) is 4.36. The van der Waals surface area contributed by atoms with Crippen molar-refractivity contribution in [2.45, 2.75) is 13.0 Å². The fourth-order valence-corrected chi connectivity index (χ4v) is 2.14. The summed E-state index contributed by atoms with van der Waals surface area (Å²) in [5.41, 5.74) is 0.986. The summed E-state index contributed by atoms with van der Waals surface area (Å²) in [4.78, 5) is 0. The Kier molecular flexibility index (Phi) is 2.37. The van der Waals surface area contributed by atoms with Crippen molar-refractivity contribution in [3.05, 3.63) is 48.2 Å². The van der Waals surface area contributed by atoms with Crippen LogP contribution in [0.1, 0.15) is 18.7 Å². The van der Waals surface area contributed by atoms with E-state index in [2.05, 4.69) is 42.6 Å². The summed E-state index contributed by atoms with van der Waals surface area (Å²) < 4.78 is 5.97. The van der Waals surface area contributed by atoms with Crippen LogP contribution in [0.4, 0.5) is 0 Å². The number of nitrogens with one attached hydrogen (secondary N) is 1. The number of benzene rings is 2. The molecule has 0 saturated carbocycles. The van der Waals surface area contributed by atoms with Gasteiger partial charge < -0.3 is 9.73 Å². The average molecular weight is 225 g/mol. The highest BCUT2D eigenvalue weighted by molar-refractivity contribution is 6.04. The molecule has 3 rings (SSSR count). The normalized spacial score (nSPS) is 13.3. The van der Waals surface area contributed by atoms with Gasteiger partial charge in [0.15, 0.2) is 0 Å². The van der Waals surface area contributed by atoms with Gasteiger partial charge in [0.2, 0.25) is 0 Å². The van der Waals surface area contributed by atoms with Gasteiger partial charge in [0.25, 0.3) is 0 Å². The maximum absolute atomic E-state index is 5.97. The van der Waals surface area contributed by atoms with Gasteiger partial charge in [-0.2, -0.15) is 0 Å². The summed E-state index contributed by atoms with van der Waals surface area (Å²) in [5, 5.41) is 6.76. The lowest BCUT2D eigenvalue weighted by molar-refractivity contribution is 0.476. The minimum atomic E-state index is 0.237. The molecule has 0 aliphatic heterocycles. The van der Waals surface area contributed by atoms with E-state index >= 15 is 0 Å². The molecule has 0 saturated heterocycles. The molecular weight excluding hydrogens is 210 g/mol. The number of hydrogen-bond donors (Lipinski definition) is 1. The Morgan fingerprint density at radius 3 is 2.65 bits per heavy atom. The van der Waals surface area contributed by atoms with E-state index in [1.54, 1.807) is 0 Å². The van der Waals surface area contributed by atoms with Crippen LogP contribution in [0.3, 0.4) is 0 Å². The molecule has 86 valence electrons. The third-order valence-electron chi connectivity index (χ3n) is 3.29. The summed E-state index contributed by atoms with van der Waals surface area (Å²) in [6, 6.07) is 14.9. The molecule has 0 radical (unpaired) electrons. The molecule has 0 fully saturated rings. The van der Waals surface area contributed by atoms with Crippen LogP contribution in [0.25, 0.3) is 21.7 Å². The molecule has 1 N–H and O–H groups in total. The van der Waals surface area contributed by atoms with Crippen LogP contribution in [0.2, 0.25) is 0 Å². The molecule has 0 spiro atoms. The summed E-state index contributed by atoms with van der Waals surface area (Å²) in [6.45, 7) is 2.10. The zero-order valence-electron chi connectivity index (χ0n) is 10.0. The number of rotatable bonds is 2. The maximum atomic E-state index is 5.97. The summed E-state index contributed by atoms with van der Waals surface area (Å²) >= 11 is 0. The molecule has 2 aromatic carbocycles. The van der Waals surface area contributed by atoms with E-state index in [1.165, 1.54) is 16.2 Å². The lowest BCUT2D eigenvalue weighted by atomic mass is 10.1. The van der Waals surface area contributed by atoms with Gasteiger partial charge in [-0.1, -0.05) is 36.4 Å². The van der Waals surface area contributed by atoms with E-state index in [4.69, 9.17) is 4.42 Å². The molecule has 0 aliphatic carbocycles. The lowest BCUT2D eigenvalue weighted by Gasteiger charge is -2.04. The summed E-state index contributed by atoms with van der Waals surface area (Å²) in [7, 11) is 1.94. The Bertz CT molecular complexity index is 669. The van der Waals surface area contributed by atoms with E-state index < -0.39 is 0 Å². The van der Waals surface area contributed by atoms with Gasteiger partial charge in [0, 0.05) is 10.8 Å². The van der Waals surface area contributed by atoms with Crippen LogP contribution < -0.4 is 5.32 Å². The summed E-state index contributed by atoms with van der Waals surface area (Å²) in [5.74, 6) is 0.985. The van der Waals surface area contributed by atoms with Gasteiger partial charge in [-0.3, -0.25) is 0 Å². The maximum Gasteiger partial charge on any atom is 0.142 e. The van der Waals surface area contributed by atoms with Crippen molar-refractivity contribution in [2.75, 3.05) is 7.05 Å². The lowest BCUT2D eigenvalue weighted by Crippen LogP contribution is -2.10. The molecule has 0 bridgehead atoms. The SMILES string of the molecule is CNC(C)c1cc2ccc3ccccc3c2o1. The molecule has 17 heavy (non-hydrogen) atoms. The molecule has 0 amide bonds. The molecule has 1 heterocycles. The van der Waals surface area contributed by atoms with Gasteiger partial charge in [-0.15, -0.1) is 0 Å². The molecule has 1 aromatic heterocycles. The molecule has 2 nitrogen and oxygen atoms in total. The van der Waals surface area contributed by atoms with Crippen molar-refractivity contribution >= 4 is 21.7 Å². The molecule has 0 aliphatic rings. The van der Waals surface area contributed by atoms with E-state index in [0.717, 1.165) is 11.3 Å². The molecule has 1 atom stereocenters. The van der Waals surface area contributed by atoms with Gasteiger partial charge in [0.1, 0.15) is 11.3 Å². The van der Waals surface area contributed by atoms with Crippen LogP contribution in [0.5, 0.6) is 0 Å². The predicted molar refractivity (Wildman–Crippen MR) is 71.2 cm³/mol. The topological polar surface area (TPSA) is 25.2 Å². The van der Waals surface area contributed by atoms with Gasteiger partial charge in [-0.25, -0.2) is 0 Å². The summed E-state index contributed by atoms with van der Waals surface area (Å²) in [6.07, 6.45) is 0. The molecule has 3 aromatic rings. The van der Waals surface area contributed by atoms with Crippen LogP contribution in [-0.2, 0) is 0 Å². The van der Waals surface area contributed by atoms with Crippen molar-refractivity contribution in [2.24, 2.45) is 0 Å². The first kappa shape index (κ1) is 10.4. The second kappa shape index (κ2) is 3.90. The van der Waals surface area contributed by atoms with Gasteiger partial charge >= 0.3 is 0 Å². The van der Waals surface area contributed by atoms with Crippen LogP contribution in [0, 0.1) is 0 Å². The Labute approximate surface area is 100 Å². The fraction of sp³-hybridized carbons (Fsp3) is 0.200. The van der Waals surface area contributed by atoms with Crippen LogP contribution >= 0.6 is 0 Å². The Balaban J connectivity index is 2.31. The second-order valence-corrected chi connectivity index (χ2v) is 4.36. The zero-order valence-corrected chi connectivity index (χ0v) is 10.0. The van der Waals surface area contributed by atoms with Crippen molar-refractivity contribution in [1.29, 1.82) is 0 Å². The van der Waals surface area contributed by atoms with Crippen molar-refractivity contribution in [3.8, 4) is 0 Å². The highest BCUT2D eigenvalue weighted by Gasteiger charge is 2.11. The standard InChI is InChI=1S/C15H15NO/c1-10(16-2)14-9-12-8-7-11-5-3-4-6-13(11)15(12)17-14/h3-10,16H,1-2H3. The molecule has 2 heteroatoms. The highest BCUT2D eigenvalue weighted by Crippen LogP contribution is 2.30. The van der Waals surface area contributed by atoms with E-state index in [-0.39, 0.29) is 6.04 Å². The Morgan fingerprint density at radius 1 is 1.06 bits per heavy atom.